The second-order valence-corrected chi connectivity index (χ2v) is 5.50. The zero-order valence-corrected chi connectivity index (χ0v) is 12.5. The van der Waals surface area contributed by atoms with Gasteiger partial charge in [-0.1, -0.05) is 11.3 Å². The number of fused-ring (bicyclic) bond motifs is 1. The van der Waals surface area contributed by atoms with Gasteiger partial charge in [-0.15, -0.1) is 10.2 Å². The summed E-state index contributed by atoms with van der Waals surface area (Å²) in [5.41, 5.74) is 6.46. The Bertz CT molecular complexity index is 863. The SMILES string of the molecule is CC(C(=O)Nc1nnc(C(F)F)s1)n1cnc2c(N)ncnc21. The van der Waals surface area contributed by atoms with Crippen LogP contribution in [0, 0.1) is 0 Å². The molecule has 12 heteroatoms. The molecule has 3 aromatic heterocycles. The summed E-state index contributed by atoms with van der Waals surface area (Å²) >= 11 is 0.615. The van der Waals surface area contributed by atoms with Crippen molar-refractivity contribution in [2.45, 2.75) is 19.4 Å². The third kappa shape index (κ3) is 2.79. The van der Waals surface area contributed by atoms with E-state index < -0.39 is 23.4 Å². The Morgan fingerprint density at radius 1 is 1.35 bits per heavy atom. The molecular formula is C11H10F2N8OS. The Balaban J connectivity index is 1.82. The van der Waals surface area contributed by atoms with Crippen molar-refractivity contribution < 1.29 is 13.6 Å². The van der Waals surface area contributed by atoms with E-state index in [9.17, 15) is 13.6 Å². The number of nitrogens with two attached hydrogens (primary N) is 1. The van der Waals surface area contributed by atoms with Crippen LogP contribution in [0.4, 0.5) is 19.7 Å². The predicted octanol–water partition coefficient (Wildman–Crippen LogP) is 1.40. The second-order valence-electron chi connectivity index (χ2n) is 4.49. The second kappa shape index (κ2) is 5.79. The van der Waals surface area contributed by atoms with Gasteiger partial charge in [-0.2, -0.15) is 0 Å². The molecule has 0 aliphatic carbocycles. The van der Waals surface area contributed by atoms with Gasteiger partial charge in [0.25, 0.3) is 6.43 Å². The normalized spacial score (nSPS) is 12.7. The van der Waals surface area contributed by atoms with Gasteiger partial charge in [0.1, 0.15) is 17.9 Å². The first-order valence-corrected chi connectivity index (χ1v) is 7.14. The number of imidazole rings is 1. The van der Waals surface area contributed by atoms with Crippen molar-refractivity contribution in [3.05, 3.63) is 17.7 Å². The molecule has 3 rings (SSSR count). The van der Waals surface area contributed by atoms with Crippen LogP contribution in [0.25, 0.3) is 11.2 Å². The summed E-state index contributed by atoms with van der Waals surface area (Å²) in [6.45, 7) is 1.60. The smallest absolute Gasteiger partial charge is 0.291 e. The Labute approximate surface area is 131 Å². The van der Waals surface area contributed by atoms with E-state index in [0.29, 0.717) is 22.5 Å². The number of carbonyl (C=O) groups excluding carboxylic acids is 1. The van der Waals surface area contributed by atoms with Crippen LogP contribution < -0.4 is 11.1 Å². The van der Waals surface area contributed by atoms with Gasteiger partial charge in [0, 0.05) is 0 Å². The number of aromatic nitrogens is 6. The number of hydrogen-bond donors (Lipinski definition) is 2. The van der Waals surface area contributed by atoms with Crippen molar-refractivity contribution >= 4 is 39.4 Å². The van der Waals surface area contributed by atoms with E-state index in [2.05, 4.69) is 30.5 Å². The molecule has 0 saturated heterocycles. The molecule has 120 valence electrons. The lowest BCUT2D eigenvalue weighted by Crippen LogP contribution is -2.23. The lowest BCUT2D eigenvalue weighted by atomic mass is 10.3. The number of alkyl halides is 2. The van der Waals surface area contributed by atoms with Crippen molar-refractivity contribution in [3.63, 3.8) is 0 Å². The number of amides is 1. The molecule has 0 bridgehead atoms. The van der Waals surface area contributed by atoms with E-state index in [-0.39, 0.29) is 10.9 Å². The Morgan fingerprint density at radius 2 is 2.13 bits per heavy atom. The first-order chi connectivity index (χ1) is 11.0. The van der Waals surface area contributed by atoms with Crippen LogP contribution in [0.3, 0.4) is 0 Å². The maximum absolute atomic E-state index is 12.5. The molecule has 23 heavy (non-hydrogen) atoms. The number of halogens is 2. The quantitative estimate of drug-likeness (QED) is 0.735. The summed E-state index contributed by atoms with van der Waals surface area (Å²) in [5, 5.41) is 8.78. The molecule has 3 heterocycles. The molecule has 1 amide bonds. The lowest BCUT2D eigenvalue weighted by Gasteiger charge is -2.12. The van der Waals surface area contributed by atoms with E-state index in [1.807, 2.05) is 0 Å². The van der Waals surface area contributed by atoms with Crippen LogP contribution in [0.1, 0.15) is 24.4 Å². The number of nitrogen functional groups attached to an aromatic ring is 1. The average molecular weight is 340 g/mol. The Hall–Kier alpha value is -2.76. The van der Waals surface area contributed by atoms with Crippen LogP contribution >= 0.6 is 11.3 Å². The maximum atomic E-state index is 12.5. The number of nitrogens with zero attached hydrogens (tertiary/aromatic N) is 6. The summed E-state index contributed by atoms with van der Waals surface area (Å²) in [6.07, 6.45) is -0.0574. The van der Waals surface area contributed by atoms with Crippen molar-refractivity contribution in [3.8, 4) is 0 Å². The summed E-state index contributed by atoms with van der Waals surface area (Å²) in [7, 11) is 0. The number of anilines is 2. The highest BCUT2D eigenvalue weighted by atomic mass is 32.1. The van der Waals surface area contributed by atoms with Crippen LogP contribution in [0.5, 0.6) is 0 Å². The molecule has 9 nitrogen and oxygen atoms in total. The van der Waals surface area contributed by atoms with Crippen LogP contribution in [0.15, 0.2) is 12.7 Å². The van der Waals surface area contributed by atoms with Crippen molar-refractivity contribution in [2.75, 3.05) is 11.1 Å². The van der Waals surface area contributed by atoms with E-state index in [0.717, 1.165) is 0 Å². The minimum absolute atomic E-state index is 0.00397. The highest BCUT2D eigenvalue weighted by molar-refractivity contribution is 7.15. The zero-order valence-electron chi connectivity index (χ0n) is 11.6. The molecule has 0 spiro atoms. The monoisotopic (exact) mass is 340 g/mol. The minimum Gasteiger partial charge on any atom is -0.382 e. The van der Waals surface area contributed by atoms with E-state index in [1.165, 1.54) is 17.2 Å². The fraction of sp³-hybridized carbons (Fsp3) is 0.273. The van der Waals surface area contributed by atoms with Crippen LogP contribution in [0.2, 0.25) is 0 Å². The average Bonchev–Trinajstić information content (AvgIpc) is 3.14. The number of carbonyl (C=O) groups is 1. The van der Waals surface area contributed by atoms with Gasteiger partial charge in [-0.05, 0) is 6.92 Å². The first-order valence-electron chi connectivity index (χ1n) is 6.32. The number of hydrogen-bond acceptors (Lipinski definition) is 8. The topological polar surface area (TPSA) is 124 Å². The third-order valence-electron chi connectivity index (χ3n) is 3.04. The predicted molar refractivity (Wildman–Crippen MR) is 77.9 cm³/mol. The molecular weight excluding hydrogens is 330 g/mol. The van der Waals surface area contributed by atoms with Crippen LogP contribution in [-0.4, -0.2) is 35.6 Å². The molecule has 0 aliphatic heterocycles. The Kier molecular flexibility index (Phi) is 3.82. The summed E-state index contributed by atoms with van der Waals surface area (Å²) < 4.78 is 26.4. The molecule has 0 aliphatic rings. The van der Waals surface area contributed by atoms with Gasteiger partial charge < -0.3 is 10.3 Å². The maximum Gasteiger partial charge on any atom is 0.291 e. The van der Waals surface area contributed by atoms with Crippen molar-refractivity contribution in [1.29, 1.82) is 0 Å². The number of rotatable bonds is 4. The zero-order chi connectivity index (χ0) is 16.6. The number of nitrogens with one attached hydrogen (secondary N) is 1. The molecule has 0 aromatic carbocycles. The first kappa shape index (κ1) is 15.1. The van der Waals surface area contributed by atoms with Crippen LogP contribution in [-0.2, 0) is 4.79 Å². The summed E-state index contributed by atoms with van der Waals surface area (Å²) in [4.78, 5) is 24.2. The fourth-order valence-corrected chi connectivity index (χ4v) is 2.47. The van der Waals surface area contributed by atoms with E-state index in [4.69, 9.17) is 5.73 Å². The molecule has 3 aromatic rings. The van der Waals surface area contributed by atoms with Gasteiger partial charge in [0.05, 0.1) is 6.33 Å². The van der Waals surface area contributed by atoms with Crippen molar-refractivity contribution in [1.82, 2.24) is 29.7 Å². The molecule has 1 atom stereocenters. The lowest BCUT2D eigenvalue weighted by molar-refractivity contribution is -0.118. The van der Waals surface area contributed by atoms with E-state index >= 15 is 0 Å². The summed E-state index contributed by atoms with van der Waals surface area (Å²) in [6, 6.07) is -0.715. The third-order valence-corrected chi connectivity index (χ3v) is 3.89. The van der Waals surface area contributed by atoms with Gasteiger partial charge >= 0.3 is 0 Å². The molecule has 0 fully saturated rings. The highest BCUT2D eigenvalue weighted by Gasteiger charge is 2.21. The summed E-state index contributed by atoms with van der Waals surface area (Å²) in [5.74, 6) is -0.273. The Morgan fingerprint density at radius 3 is 2.83 bits per heavy atom. The van der Waals surface area contributed by atoms with Gasteiger partial charge in [-0.3, -0.25) is 10.1 Å². The van der Waals surface area contributed by atoms with Gasteiger partial charge in [-0.25, -0.2) is 23.7 Å². The van der Waals surface area contributed by atoms with Gasteiger partial charge in [0.15, 0.2) is 16.5 Å². The molecule has 0 radical (unpaired) electrons. The molecule has 3 N–H and O–H groups in total. The fourth-order valence-electron chi connectivity index (χ4n) is 1.86. The van der Waals surface area contributed by atoms with E-state index in [1.54, 1.807) is 6.92 Å². The largest absolute Gasteiger partial charge is 0.382 e. The molecule has 0 saturated carbocycles. The highest BCUT2D eigenvalue weighted by Crippen LogP contribution is 2.26. The van der Waals surface area contributed by atoms with Crippen molar-refractivity contribution in [2.24, 2.45) is 0 Å². The van der Waals surface area contributed by atoms with Gasteiger partial charge in [0.2, 0.25) is 11.0 Å². The minimum atomic E-state index is -2.73. The standard InChI is InChI=1S/C11H10F2N8OS/c1-4(9(22)18-11-20-19-10(23-11)6(12)13)21-3-17-5-7(14)15-2-16-8(5)21/h2-4,6H,1H3,(H2,14,15,16)(H,18,20,22). The molecule has 1 unspecified atom stereocenters.